The Kier molecular flexibility index (Phi) is 10.4. The Morgan fingerprint density at radius 3 is 2.30 bits per heavy atom. The molecule has 0 aliphatic carbocycles. The first-order chi connectivity index (χ1) is 17.2. The van der Waals surface area contributed by atoms with E-state index >= 15 is 0 Å². The number of amides is 2. The third kappa shape index (κ3) is 8.10. The number of carbonyl (C=O) groups is 2. The monoisotopic (exact) mass is 561 g/mol. The Labute approximate surface area is 220 Å². The van der Waals surface area contributed by atoms with Crippen molar-refractivity contribution >= 4 is 39.1 Å². The first kappa shape index (κ1) is 30.4. The number of nitrogens with zero attached hydrogens (tertiary/aromatic N) is 2. The van der Waals surface area contributed by atoms with Crippen LogP contribution in [-0.4, -0.2) is 50.5 Å². The van der Waals surface area contributed by atoms with Gasteiger partial charge < -0.3 is 10.2 Å². The molecule has 12 heteroatoms. The van der Waals surface area contributed by atoms with Crippen molar-refractivity contribution in [3.63, 3.8) is 0 Å². The largest absolute Gasteiger partial charge is 0.416 e. The quantitative estimate of drug-likeness (QED) is 0.428. The molecule has 0 saturated heterocycles. The minimum atomic E-state index is -4.76. The van der Waals surface area contributed by atoms with Crippen LogP contribution in [0.3, 0.4) is 0 Å². The van der Waals surface area contributed by atoms with E-state index < -0.39 is 51.9 Å². The SMILES string of the molecule is CCCNC(=O)[C@H](CC)N(Cc1ccccc1C)C(=O)CN(c1cc(C(F)(F)F)ccc1Cl)S(C)(=O)=O. The first-order valence-corrected chi connectivity index (χ1v) is 13.9. The minimum absolute atomic E-state index is 0.00250. The number of carbonyl (C=O) groups excluding carboxylic acids is 2. The van der Waals surface area contributed by atoms with E-state index in [1.165, 1.54) is 4.90 Å². The van der Waals surface area contributed by atoms with Crippen LogP contribution in [0.15, 0.2) is 42.5 Å². The number of halogens is 4. The van der Waals surface area contributed by atoms with Gasteiger partial charge in [0.15, 0.2) is 0 Å². The molecule has 0 aliphatic heterocycles. The molecule has 0 heterocycles. The maximum Gasteiger partial charge on any atom is 0.416 e. The van der Waals surface area contributed by atoms with Crippen molar-refractivity contribution in [3.05, 3.63) is 64.2 Å². The fourth-order valence-electron chi connectivity index (χ4n) is 3.73. The Balaban J connectivity index is 2.54. The van der Waals surface area contributed by atoms with Crippen LogP contribution in [0.5, 0.6) is 0 Å². The van der Waals surface area contributed by atoms with E-state index in [2.05, 4.69) is 5.32 Å². The maximum atomic E-state index is 13.6. The second kappa shape index (κ2) is 12.6. The molecule has 2 amide bonds. The number of benzene rings is 2. The molecule has 0 fully saturated rings. The molecule has 1 N–H and O–H groups in total. The molecule has 0 unspecified atom stereocenters. The highest BCUT2D eigenvalue weighted by molar-refractivity contribution is 7.92. The average Bonchev–Trinajstić information content (AvgIpc) is 2.81. The topological polar surface area (TPSA) is 86.8 Å². The molecule has 1 atom stereocenters. The zero-order valence-electron chi connectivity index (χ0n) is 21.1. The normalized spacial score (nSPS) is 12.6. The predicted octanol–water partition coefficient (Wildman–Crippen LogP) is 4.77. The van der Waals surface area contributed by atoms with Crippen molar-refractivity contribution in [1.29, 1.82) is 0 Å². The van der Waals surface area contributed by atoms with Gasteiger partial charge in [-0.05, 0) is 49.1 Å². The molecule has 7 nitrogen and oxygen atoms in total. The Hall–Kier alpha value is -2.79. The van der Waals surface area contributed by atoms with Crippen LogP contribution in [0.4, 0.5) is 18.9 Å². The van der Waals surface area contributed by atoms with Gasteiger partial charge in [-0.1, -0.05) is 49.7 Å². The van der Waals surface area contributed by atoms with Gasteiger partial charge in [0.25, 0.3) is 0 Å². The fraction of sp³-hybridized carbons (Fsp3) is 0.440. The van der Waals surface area contributed by atoms with E-state index in [0.717, 1.165) is 29.5 Å². The summed E-state index contributed by atoms with van der Waals surface area (Å²) in [5.74, 6) is -1.17. The molecule has 37 heavy (non-hydrogen) atoms. The zero-order chi connectivity index (χ0) is 28.0. The third-order valence-electron chi connectivity index (χ3n) is 5.76. The lowest BCUT2D eigenvalue weighted by atomic mass is 10.1. The molecule has 0 aromatic heterocycles. The number of rotatable bonds is 11. The number of aryl methyl sites for hydroxylation is 1. The second-order valence-electron chi connectivity index (χ2n) is 8.60. The number of hydrogen-bond acceptors (Lipinski definition) is 4. The molecule has 0 aliphatic rings. The Bertz CT molecular complexity index is 1220. The second-order valence-corrected chi connectivity index (χ2v) is 10.9. The molecule has 0 bridgehead atoms. The van der Waals surface area contributed by atoms with E-state index in [-0.39, 0.29) is 18.0 Å². The maximum absolute atomic E-state index is 13.6. The van der Waals surface area contributed by atoms with Crippen molar-refractivity contribution in [2.75, 3.05) is 23.7 Å². The van der Waals surface area contributed by atoms with E-state index in [9.17, 15) is 31.2 Å². The van der Waals surface area contributed by atoms with Crippen molar-refractivity contribution < 1.29 is 31.2 Å². The average molecular weight is 562 g/mol. The summed E-state index contributed by atoms with van der Waals surface area (Å²) in [4.78, 5) is 27.8. The van der Waals surface area contributed by atoms with Crippen molar-refractivity contribution in [2.45, 2.75) is 52.4 Å². The van der Waals surface area contributed by atoms with Gasteiger partial charge in [0.2, 0.25) is 21.8 Å². The van der Waals surface area contributed by atoms with E-state index in [4.69, 9.17) is 11.6 Å². The third-order valence-corrected chi connectivity index (χ3v) is 7.20. The summed E-state index contributed by atoms with van der Waals surface area (Å²) in [7, 11) is -4.25. The van der Waals surface area contributed by atoms with E-state index in [0.29, 0.717) is 23.3 Å². The zero-order valence-corrected chi connectivity index (χ0v) is 22.7. The number of alkyl halides is 3. The molecule has 2 rings (SSSR count). The number of sulfonamides is 1. The summed E-state index contributed by atoms with van der Waals surface area (Å²) in [6.07, 6.45) is -3.08. The van der Waals surface area contributed by atoms with Gasteiger partial charge in [-0.3, -0.25) is 13.9 Å². The smallest absolute Gasteiger partial charge is 0.354 e. The van der Waals surface area contributed by atoms with Crippen LogP contribution in [0, 0.1) is 6.92 Å². The molecule has 2 aromatic rings. The van der Waals surface area contributed by atoms with Crippen molar-refractivity contribution in [1.82, 2.24) is 10.2 Å². The molecule has 0 spiro atoms. The van der Waals surface area contributed by atoms with Gasteiger partial charge in [-0.2, -0.15) is 13.2 Å². The fourth-order valence-corrected chi connectivity index (χ4v) is 4.85. The van der Waals surface area contributed by atoms with Gasteiger partial charge in [-0.25, -0.2) is 8.42 Å². The lowest BCUT2D eigenvalue weighted by Crippen LogP contribution is -2.52. The Morgan fingerprint density at radius 1 is 1.11 bits per heavy atom. The highest BCUT2D eigenvalue weighted by atomic mass is 35.5. The minimum Gasteiger partial charge on any atom is -0.354 e. The van der Waals surface area contributed by atoms with Gasteiger partial charge >= 0.3 is 6.18 Å². The summed E-state index contributed by atoms with van der Waals surface area (Å²) in [6, 6.07) is 8.52. The van der Waals surface area contributed by atoms with Crippen LogP contribution in [0.25, 0.3) is 0 Å². The van der Waals surface area contributed by atoms with Crippen LogP contribution in [0.2, 0.25) is 5.02 Å². The standard InChI is InChI=1S/C25H31ClF3N3O4S/c1-5-13-30-24(34)21(6-2)31(15-18-10-8-7-9-17(18)3)23(33)16-32(37(4,35)36)22-14-19(25(27,28)29)11-12-20(22)26/h7-12,14,21H,5-6,13,15-16H2,1-4H3,(H,30,34)/t21-/m0/s1. The molecule has 0 saturated carbocycles. The number of hydrogen-bond donors (Lipinski definition) is 1. The molecular formula is C25H31ClF3N3O4S. The van der Waals surface area contributed by atoms with Gasteiger partial charge in [0.05, 0.1) is 22.5 Å². The first-order valence-electron chi connectivity index (χ1n) is 11.7. The Morgan fingerprint density at radius 2 is 1.76 bits per heavy atom. The van der Waals surface area contributed by atoms with Crippen LogP contribution < -0.4 is 9.62 Å². The van der Waals surface area contributed by atoms with Gasteiger partial charge in [0.1, 0.15) is 12.6 Å². The summed E-state index contributed by atoms with van der Waals surface area (Å²) in [5, 5.41) is 2.48. The van der Waals surface area contributed by atoms with Gasteiger partial charge in [-0.15, -0.1) is 0 Å². The van der Waals surface area contributed by atoms with E-state index in [1.54, 1.807) is 19.1 Å². The number of anilines is 1. The van der Waals surface area contributed by atoms with Crippen molar-refractivity contribution in [2.24, 2.45) is 0 Å². The molecular weight excluding hydrogens is 531 g/mol. The van der Waals surface area contributed by atoms with Crippen molar-refractivity contribution in [3.8, 4) is 0 Å². The molecule has 2 aromatic carbocycles. The summed E-state index contributed by atoms with van der Waals surface area (Å²) >= 11 is 6.10. The van der Waals surface area contributed by atoms with Gasteiger partial charge in [0, 0.05) is 13.1 Å². The van der Waals surface area contributed by atoms with Crippen LogP contribution in [-0.2, 0) is 32.3 Å². The summed E-state index contributed by atoms with van der Waals surface area (Å²) in [5.41, 5.74) is -0.00702. The summed E-state index contributed by atoms with van der Waals surface area (Å²) in [6.45, 7) is 4.96. The van der Waals surface area contributed by atoms with E-state index in [1.807, 2.05) is 26.0 Å². The molecule has 204 valence electrons. The highest BCUT2D eigenvalue weighted by Gasteiger charge is 2.35. The van der Waals surface area contributed by atoms with Crippen LogP contribution >= 0.6 is 11.6 Å². The van der Waals surface area contributed by atoms with Crippen LogP contribution in [0.1, 0.15) is 43.4 Å². The lowest BCUT2D eigenvalue weighted by Gasteiger charge is -2.33. The lowest BCUT2D eigenvalue weighted by molar-refractivity contribution is -0.140. The molecule has 0 radical (unpaired) electrons. The predicted molar refractivity (Wildman–Crippen MR) is 138 cm³/mol. The number of nitrogens with one attached hydrogen (secondary N) is 1. The summed E-state index contributed by atoms with van der Waals surface area (Å²) < 4.78 is 65.9. The highest BCUT2D eigenvalue weighted by Crippen LogP contribution is 2.36.